The summed E-state index contributed by atoms with van der Waals surface area (Å²) in [6.07, 6.45) is 5.50. The Hall–Kier alpha value is 0.226. The molecular weight excluding hydrogens is 302 g/mol. The molecule has 0 N–H and O–H groups in total. The van der Waals surface area contributed by atoms with E-state index in [-0.39, 0.29) is 18.2 Å². The predicted octanol–water partition coefficient (Wildman–Crippen LogP) is 2.58. The first-order valence-corrected chi connectivity index (χ1v) is 11.5. The molecule has 2 rings (SSSR count). The minimum Gasteiger partial charge on any atom is -0.492 e. The van der Waals surface area contributed by atoms with Gasteiger partial charge in [-0.3, -0.25) is 17.8 Å². The van der Waals surface area contributed by atoms with E-state index in [0.717, 1.165) is 18.9 Å². The lowest BCUT2D eigenvalue weighted by Crippen LogP contribution is -2.29. The molecule has 1 aliphatic heterocycles. The van der Waals surface area contributed by atoms with Crippen molar-refractivity contribution in [1.82, 2.24) is 4.90 Å². The number of halogens is 1. The monoisotopic (exact) mass is 321 g/mol. The van der Waals surface area contributed by atoms with E-state index in [1.165, 1.54) is 42.5 Å². The number of hydrogen-bond acceptors (Lipinski definition) is 2. The van der Waals surface area contributed by atoms with Crippen LogP contribution in [0.3, 0.4) is 0 Å². The highest BCUT2D eigenvalue weighted by molar-refractivity contribution is 9.23. The zero-order valence-electron chi connectivity index (χ0n) is 10.9. The normalized spacial score (nSPS) is 16.9. The molecule has 1 fully saturated rings. The number of ether oxygens (including phenoxy) is 1. The van der Waals surface area contributed by atoms with Gasteiger partial charge in [0.05, 0.1) is 0 Å². The fourth-order valence-electron chi connectivity index (χ4n) is 2.33. The van der Waals surface area contributed by atoms with E-state index in [0.29, 0.717) is 0 Å². The molecule has 1 aromatic carbocycles. The van der Waals surface area contributed by atoms with E-state index >= 15 is 0 Å². The van der Waals surface area contributed by atoms with Crippen LogP contribution < -0.4 is 8.43 Å². The van der Waals surface area contributed by atoms with Gasteiger partial charge in [-0.1, -0.05) is 25.0 Å². The Bertz CT molecular complexity index is 336. The Kier molecular flexibility index (Phi) is 6.83. The first-order valence-electron chi connectivity index (χ1n) is 6.88. The molecule has 2 nitrogen and oxygen atoms in total. The summed E-state index contributed by atoms with van der Waals surface area (Å²) in [4.78, 5) is 2.53. The van der Waals surface area contributed by atoms with Gasteiger partial charge in [0.2, 0.25) is 0 Å². The van der Waals surface area contributed by atoms with Gasteiger partial charge in [-0.25, -0.2) is 0 Å². The largest absolute Gasteiger partial charge is 0.506 e. The van der Waals surface area contributed by atoms with Gasteiger partial charge in [-0.05, 0) is 38.1 Å². The third-order valence-corrected chi connectivity index (χ3v) is 6.18. The molecule has 0 unspecified atom stereocenters. The quantitative estimate of drug-likeness (QED) is 0.773. The Morgan fingerprint density at radius 2 is 1.72 bits per heavy atom. The molecule has 0 bridgehead atoms. The van der Waals surface area contributed by atoms with Crippen molar-refractivity contribution >= 4 is 34.8 Å². The van der Waals surface area contributed by atoms with Gasteiger partial charge in [0.25, 0.3) is 0 Å². The van der Waals surface area contributed by atoms with Crippen LogP contribution in [0.1, 0.15) is 25.7 Å². The van der Waals surface area contributed by atoms with Crippen LogP contribution in [0.5, 0.6) is 5.75 Å². The van der Waals surface area contributed by atoms with Gasteiger partial charge in [0.1, 0.15) is 12.4 Å². The van der Waals surface area contributed by atoms with Crippen LogP contribution in [-0.2, 0) is 0 Å². The van der Waals surface area contributed by atoms with Crippen molar-refractivity contribution in [2.75, 3.05) is 26.2 Å². The Morgan fingerprint density at radius 3 is 2.33 bits per heavy atom. The van der Waals surface area contributed by atoms with Gasteiger partial charge < -0.3 is 4.74 Å². The Balaban J connectivity index is 1.70. The Labute approximate surface area is 126 Å². The number of benzene rings is 1. The first-order chi connectivity index (χ1) is 8.88. The van der Waals surface area contributed by atoms with Crippen LogP contribution in [0.25, 0.3) is 0 Å². The highest BCUT2D eigenvalue weighted by Crippen LogP contribution is 2.10. The van der Waals surface area contributed by atoms with Crippen molar-refractivity contribution in [2.24, 2.45) is 0 Å². The molecule has 1 aromatic rings. The third-order valence-electron chi connectivity index (χ3n) is 3.45. The van der Waals surface area contributed by atoms with E-state index in [9.17, 15) is 0 Å². The maximum atomic E-state index is 5.81. The second-order valence-electron chi connectivity index (χ2n) is 4.88. The fraction of sp³-hybridized carbons (Fsp3) is 0.571. The number of likely N-dealkylation sites (tertiary alicyclic amines) is 1. The smallest absolute Gasteiger partial charge is 0.492 e. The Morgan fingerprint density at radius 1 is 1.06 bits per heavy atom. The lowest BCUT2D eigenvalue weighted by molar-refractivity contribution is 0.214. The summed E-state index contributed by atoms with van der Waals surface area (Å²) >= 11 is 3.37. The van der Waals surface area contributed by atoms with E-state index in [1.54, 1.807) is 0 Å². The second kappa shape index (κ2) is 8.41. The fourth-order valence-corrected chi connectivity index (χ4v) is 3.86. The van der Waals surface area contributed by atoms with Gasteiger partial charge in [0.15, 0.2) is 0 Å². The van der Waals surface area contributed by atoms with Gasteiger partial charge in [-0.15, -0.1) is 0 Å². The van der Waals surface area contributed by atoms with Gasteiger partial charge >= 0.3 is 18.2 Å². The molecule has 4 heteroatoms. The molecule has 0 atom stereocenters. The number of rotatable bonds is 5. The second-order valence-corrected chi connectivity index (χ2v) is 7.65. The van der Waals surface area contributed by atoms with Crippen molar-refractivity contribution in [1.29, 1.82) is 0 Å². The average Bonchev–Trinajstić information content (AvgIpc) is 2.68. The minimum absolute atomic E-state index is 0.215. The van der Waals surface area contributed by atoms with Crippen molar-refractivity contribution in [3.63, 3.8) is 0 Å². The van der Waals surface area contributed by atoms with E-state index in [2.05, 4.69) is 42.0 Å². The molecule has 18 heavy (non-hydrogen) atoms. The van der Waals surface area contributed by atoms with Crippen LogP contribution in [0.2, 0.25) is 0 Å². The lowest BCUT2D eigenvalue weighted by Gasteiger charge is -2.19. The van der Waals surface area contributed by atoms with E-state index in [1.807, 2.05) is 0 Å². The molecule has 1 saturated heterocycles. The molecule has 96 valence electrons. The summed E-state index contributed by atoms with van der Waals surface area (Å²) in [5.41, 5.74) is 0. The highest BCUT2D eigenvalue weighted by atomic mass is 79.9. The number of hydrogen-bond donors (Lipinski definition) is 0. The topological polar surface area (TPSA) is 12.5 Å². The average molecular weight is 323 g/mol. The standard InChI is InChI=1S/C14H20NO.BrH.Mg/c1-2-7-11-15(10-6-1)12-13-16-14-8-4-3-5-9-14;;/h4-5,8-9H,1-2,6-7,10-13H2;1H;/q;;+1/p-1. The highest BCUT2D eigenvalue weighted by Gasteiger charge is 2.08. The molecule has 0 aliphatic carbocycles. The predicted molar refractivity (Wildman–Crippen MR) is 81.2 cm³/mol. The maximum absolute atomic E-state index is 5.81. The van der Waals surface area contributed by atoms with Crippen LogP contribution in [0.4, 0.5) is 0 Å². The van der Waals surface area contributed by atoms with Crippen LogP contribution in [0.15, 0.2) is 24.3 Å². The lowest BCUT2D eigenvalue weighted by atomic mass is 10.2. The molecule has 0 radical (unpaired) electrons. The summed E-state index contributed by atoms with van der Waals surface area (Å²) in [5, 5.41) is 0. The molecular formula is C14H20BrMgNO. The molecule has 1 aliphatic rings. The molecule has 1 heterocycles. The summed E-state index contributed by atoms with van der Waals surface area (Å²) in [7, 11) is 0. The summed E-state index contributed by atoms with van der Waals surface area (Å²) in [5.74, 6) is 1.00. The van der Waals surface area contributed by atoms with E-state index < -0.39 is 0 Å². The van der Waals surface area contributed by atoms with Crippen molar-refractivity contribution < 1.29 is 4.74 Å². The number of nitrogens with zero attached hydrogens (tertiary/aromatic N) is 1. The van der Waals surface area contributed by atoms with Crippen molar-refractivity contribution in [3.8, 4) is 5.75 Å². The third kappa shape index (κ3) is 5.07. The SMILES string of the molecule is [Br][Mg][c]1ccc(OCCN2CCCCCC2)cc1. The molecule has 0 aromatic heterocycles. The summed E-state index contributed by atoms with van der Waals surface area (Å²) in [6.45, 7) is 4.37. The van der Waals surface area contributed by atoms with Gasteiger partial charge in [0, 0.05) is 6.54 Å². The van der Waals surface area contributed by atoms with Crippen LogP contribution in [0, 0.1) is 0 Å². The van der Waals surface area contributed by atoms with Crippen molar-refractivity contribution in [3.05, 3.63) is 24.3 Å². The van der Waals surface area contributed by atoms with Crippen LogP contribution in [-0.4, -0.2) is 49.3 Å². The van der Waals surface area contributed by atoms with E-state index in [4.69, 9.17) is 4.74 Å². The zero-order chi connectivity index (χ0) is 12.6. The van der Waals surface area contributed by atoms with Crippen LogP contribution >= 0.6 is 12.9 Å². The molecule has 0 spiro atoms. The summed E-state index contributed by atoms with van der Waals surface area (Å²) < 4.78 is 7.23. The molecule has 0 saturated carbocycles. The molecule has 0 amide bonds. The van der Waals surface area contributed by atoms with Crippen molar-refractivity contribution in [2.45, 2.75) is 25.7 Å². The zero-order valence-corrected chi connectivity index (χ0v) is 13.9. The maximum Gasteiger partial charge on any atom is 0.506 e. The summed E-state index contributed by atoms with van der Waals surface area (Å²) in [6, 6.07) is 8.52. The van der Waals surface area contributed by atoms with Gasteiger partial charge in [-0.2, -0.15) is 3.69 Å². The minimum atomic E-state index is -0.215. The first kappa shape index (κ1) is 14.6.